The lowest BCUT2D eigenvalue weighted by molar-refractivity contribution is -0.143. The Hall–Kier alpha value is -2.28. The molecule has 0 spiro atoms. The van der Waals surface area contributed by atoms with Crippen LogP contribution in [0.15, 0.2) is 45.8 Å². The first kappa shape index (κ1) is 20.5. The number of nitrogens with zero attached hydrogens (tertiary/aromatic N) is 4. The van der Waals surface area contributed by atoms with Crippen molar-refractivity contribution in [2.45, 2.75) is 27.7 Å². The van der Waals surface area contributed by atoms with Crippen LogP contribution < -0.4 is 0 Å². The predicted octanol–water partition coefficient (Wildman–Crippen LogP) is 5.17. The number of H-pyrrole nitrogens is 1. The zero-order chi connectivity index (χ0) is 20.5. The zero-order valence-electron chi connectivity index (χ0n) is 13.8. The summed E-state index contributed by atoms with van der Waals surface area (Å²) in [6.45, 7) is 0. The lowest BCUT2D eigenvalue weighted by Crippen LogP contribution is -2.11. The summed E-state index contributed by atoms with van der Waals surface area (Å²) in [5, 5.41) is 7.25. The van der Waals surface area contributed by atoms with E-state index in [0.29, 0.717) is 22.3 Å². The van der Waals surface area contributed by atoms with Crippen LogP contribution in [0.5, 0.6) is 0 Å². The minimum absolute atomic E-state index is 0.0559. The number of benzene rings is 1. The fourth-order valence-electron chi connectivity index (χ4n) is 2.09. The summed E-state index contributed by atoms with van der Waals surface area (Å²) in [6.07, 6.45) is -6.59. The van der Waals surface area contributed by atoms with Crippen LogP contribution in [0.1, 0.15) is 11.1 Å². The van der Waals surface area contributed by atoms with Gasteiger partial charge in [0, 0.05) is 11.8 Å². The molecule has 0 atom stereocenters. The van der Waals surface area contributed by atoms with Crippen molar-refractivity contribution < 1.29 is 26.3 Å². The van der Waals surface area contributed by atoms with Gasteiger partial charge in [-0.2, -0.15) is 26.3 Å². The Morgan fingerprint density at radius 1 is 0.893 bits per heavy atom. The van der Waals surface area contributed by atoms with Gasteiger partial charge in [-0.15, -0.1) is 5.10 Å². The van der Waals surface area contributed by atoms with Gasteiger partial charge in [-0.05, 0) is 42.3 Å². The Morgan fingerprint density at radius 2 is 1.54 bits per heavy atom. The van der Waals surface area contributed by atoms with E-state index in [0.717, 1.165) is 11.8 Å². The second kappa shape index (κ2) is 7.62. The maximum absolute atomic E-state index is 13.0. The normalized spacial score (nSPS) is 12.4. The van der Waals surface area contributed by atoms with Crippen molar-refractivity contribution in [1.29, 1.82) is 0 Å². The second-order valence-corrected chi connectivity index (χ2v) is 7.01. The molecule has 0 aliphatic rings. The van der Waals surface area contributed by atoms with E-state index in [9.17, 15) is 26.3 Å². The summed E-state index contributed by atoms with van der Waals surface area (Å²) in [6, 6.07) is 2.80. The summed E-state index contributed by atoms with van der Waals surface area (Å²) in [5.74, 6) is -0.224. The highest BCUT2D eigenvalue weighted by Crippen LogP contribution is 2.38. The number of halogens is 6. The molecule has 0 aliphatic heterocycles. The topological polar surface area (TPSA) is 67.3 Å². The van der Waals surface area contributed by atoms with E-state index in [-0.39, 0.29) is 22.6 Å². The first-order chi connectivity index (χ1) is 13.1. The Balaban J connectivity index is 1.95. The minimum Gasteiger partial charge on any atom is -0.258 e. The van der Waals surface area contributed by atoms with E-state index in [1.807, 2.05) is 0 Å². The van der Waals surface area contributed by atoms with Crippen LogP contribution in [0.2, 0.25) is 0 Å². The van der Waals surface area contributed by atoms with Crippen LogP contribution in [0.3, 0.4) is 0 Å². The lowest BCUT2D eigenvalue weighted by atomic mass is 10.0. The van der Waals surface area contributed by atoms with Gasteiger partial charge in [0.25, 0.3) is 0 Å². The third-order valence-corrected chi connectivity index (χ3v) is 4.68. The van der Waals surface area contributed by atoms with Gasteiger partial charge in [-0.1, -0.05) is 11.8 Å². The molecular formula is C15H9F6N5S2. The van der Waals surface area contributed by atoms with E-state index in [2.05, 4.69) is 25.1 Å². The van der Waals surface area contributed by atoms with E-state index in [4.69, 9.17) is 0 Å². The molecule has 148 valence electrons. The van der Waals surface area contributed by atoms with Crippen molar-refractivity contribution in [3.8, 4) is 11.4 Å². The molecule has 28 heavy (non-hydrogen) atoms. The first-order valence-electron chi connectivity index (χ1n) is 7.33. The van der Waals surface area contributed by atoms with Crippen LogP contribution in [-0.2, 0) is 12.4 Å². The number of nitrogens with one attached hydrogen (secondary N) is 1. The van der Waals surface area contributed by atoms with Crippen LogP contribution in [0.4, 0.5) is 26.3 Å². The summed E-state index contributed by atoms with van der Waals surface area (Å²) in [7, 11) is 0. The largest absolute Gasteiger partial charge is 0.416 e. The molecule has 13 heteroatoms. The highest BCUT2D eigenvalue weighted by atomic mass is 32.2. The highest BCUT2D eigenvalue weighted by Gasteiger charge is 2.37. The number of aromatic nitrogens is 5. The summed E-state index contributed by atoms with van der Waals surface area (Å²) in [4.78, 5) is 12.2. The molecule has 0 bridgehead atoms. The van der Waals surface area contributed by atoms with Gasteiger partial charge in [0.1, 0.15) is 5.03 Å². The molecule has 0 unspecified atom stereocenters. The standard InChI is InChI=1S/C15H9F6N5S2/c1-27-12-22-3-2-10(23-12)28-13-24-11(25-26-13)7-4-8(14(16,17)18)6-9(5-7)15(19,20)21/h2-6H,1H3,(H,24,25,26). The Morgan fingerprint density at radius 3 is 2.11 bits per heavy atom. The molecule has 0 fully saturated rings. The SMILES string of the molecule is CSc1nccc(Sc2n[nH]c(-c3cc(C(F)(F)F)cc(C(F)(F)F)c3)n2)n1. The minimum atomic E-state index is -4.94. The third kappa shape index (κ3) is 4.76. The van der Waals surface area contributed by atoms with E-state index < -0.39 is 23.5 Å². The molecule has 1 N–H and O–H groups in total. The molecule has 2 aromatic heterocycles. The molecule has 0 amide bonds. The maximum atomic E-state index is 13.0. The highest BCUT2D eigenvalue weighted by molar-refractivity contribution is 7.99. The Bertz CT molecular complexity index is 953. The quantitative estimate of drug-likeness (QED) is 0.263. The fourth-order valence-corrected chi connectivity index (χ4v) is 3.18. The summed E-state index contributed by atoms with van der Waals surface area (Å²) in [5.41, 5.74) is -3.24. The molecule has 2 heterocycles. The van der Waals surface area contributed by atoms with Crippen molar-refractivity contribution in [2.75, 3.05) is 6.26 Å². The van der Waals surface area contributed by atoms with Gasteiger partial charge in [0.15, 0.2) is 11.0 Å². The van der Waals surface area contributed by atoms with Crippen molar-refractivity contribution in [3.63, 3.8) is 0 Å². The van der Waals surface area contributed by atoms with Crippen molar-refractivity contribution in [3.05, 3.63) is 41.6 Å². The van der Waals surface area contributed by atoms with Crippen LogP contribution in [0.25, 0.3) is 11.4 Å². The van der Waals surface area contributed by atoms with E-state index >= 15 is 0 Å². The molecule has 0 saturated heterocycles. The van der Waals surface area contributed by atoms with Crippen LogP contribution in [0, 0.1) is 0 Å². The van der Waals surface area contributed by atoms with Crippen molar-refractivity contribution in [1.82, 2.24) is 25.1 Å². The number of thioether (sulfide) groups is 1. The first-order valence-corrected chi connectivity index (χ1v) is 9.37. The molecule has 0 radical (unpaired) electrons. The van der Waals surface area contributed by atoms with Crippen LogP contribution in [-0.4, -0.2) is 31.4 Å². The molecular weight excluding hydrogens is 428 g/mol. The second-order valence-electron chi connectivity index (χ2n) is 5.24. The molecule has 1 aromatic carbocycles. The Labute approximate surface area is 162 Å². The average molecular weight is 437 g/mol. The van der Waals surface area contributed by atoms with Crippen LogP contribution >= 0.6 is 23.5 Å². The van der Waals surface area contributed by atoms with Gasteiger partial charge in [0.05, 0.1) is 11.1 Å². The van der Waals surface area contributed by atoms with Gasteiger partial charge in [0.2, 0.25) is 5.16 Å². The summed E-state index contributed by atoms with van der Waals surface area (Å²) < 4.78 is 77.9. The van der Waals surface area contributed by atoms with Gasteiger partial charge in [-0.3, -0.25) is 5.10 Å². The smallest absolute Gasteiger partial charge is 0.258 e. The Kier molecular flexibility index (Phi) is 5.57. The van der Waals surface area contributed by atoms with Crippen molar-refractivity contribution >= 4 is 23.5 Å². The lowest BCUT2D eigenvalue weighted by Gasteiger charge is -2.13. The van der Waals surface area contributed by atoms with E-state index in [1.54, 1.807) is 12.3 Å². The predicted molar refractivity (Wildman–Crippen MR) is 89.8 cm³/mol. The molecule has 3 rings (SSSR count). The molecule has 5 nitrogen and oxygen atoms in total. The third-order valence-electron chi connectivity index (χ3n) is 3.31. The number of aromatic amines is 1. The maximum Gasteiger partial charge on any atom is 0.416 e. The molecule has 0 saturated carbocycles. The average Bonchev–Trinajstić information content (AvgIpc) is 3.08. The number of hydrogen-bond acceptors (Lipinski definition) is 6. The van der Waals surface area contributed by atoms with Gasteiger partial charge >= 0.3 is 12.4 Å². The van der Waals surface area contributed by atoms with Gasteiger partial charge < -0.3 is 0 Å². The van der Waals surface area contributed by atoms with E-state index in [1.165, 1.54) is 18.0 Å². The molecule has 3 aromatic rings. The number of hydrogen-bond donors (Lipinski definition) is 1. The monoisotopic (exact) mass is 437 g/mol. The summed E-state index contributed by atoms with van der Waals surface area (Å²) >= 11 is 2.30. The van der Waals surface area contributed by atoms with Crippen molar-refractivity contribution in [2.24, 2.45) is 0 Å². The number of alkyl halides is 6. The number of rotatable bonds is 4. The fraction of sp³-hybridized carbons (Fsp3) is 0.200. The molecule has 0 aliphatic carbocycles. The van der Waals surface area contributed by atoms with Gasteiger partial charge in [-0.25, -0.2) is 15.0 Å². The zero-order valence-corrected chi connectivity index (χ0v) is 15.4.